The van der Waals surface area contributed by atoms with Crippen LogP contribution < -0.4 is 0 Å². The third-order valence-corrected chi connectivity index (χ3v) is 1.67. The Kier molecular flexibility index (Phi) is 3.20. The van der Waals surface area contributed by atoms with Crippen LogP contribution in [-0.4, -0.2) is 5.73 Å². The first kappa shape index (κ1) is 7.80. The van der Waals surface area contributed by atoms with E-state index in [1.54, 1.807) is 18.2 Å². The minimum Gasteiger partial charge on any atom is -0.198 e. The van der Waals surface area contributed by atoms with Gasteiger partial charge in [-0.05, 0) is 17.0 Å². The lowest BCUT2D eigenvalue weighted by Crippen LogP contribution is -1.74. The highest BCUT2D eigenvalue weighted by Crippen LogP contribution is 2.16. The Balaban J connectivity index is 2.51. The summed E-state index contributed by atoms with van der Waals surface area (Å²) in [5.41, 5.74) is -2.59. The molecule has 1 rings (SSSR count). The molecule has 0 nitrogen and oxygen atoms in total. The summed E-state index contributed by atoms with van der Waals surface area (Å²) in [6.45, 7) is 0. The fourth-order valence-corrected chi connectivity index (χ4v) is 1.06. The van der Waals surface area contributed by atoms with Gasteiger partial charge >= 0.3 is 0 Å². The average Bonchev–Trinajstić information content (AvgIpc) is 2.04. The van der Waals surface area contributed by atoms with Crippen molar-refractivity contribution >= 4 is 17.8 Å². The number of benzene rings is 1. The lowest BCUT2D eigenvalue weighted by Gasteiger charge is -1.91. The summed E-state index contributed by atoms with van der Waals surface area (Å²) >= 11 is 0.181. The van der Waals surface area contributed by atoms with Crippen molar-refractivity contribution in [1.82, 2.24) is 0 Å². The van der Waals surface area contributed by atoms with Gasteiger partial charge in [0.05, 0.1) is 0 Å². The molecule has 1 aromatic rings. The number of halogens is 2. The van der Waals surface area contributed by atoms with Gasteiger partial charge in [0.1, 0.15) is 1.37 Å². The molecular formula is C9H8F2S. The summed E-state index contributed by atoms with van der Waals surface area (Å²) in [6, 6.07) is 9.11. The molecule has 0 bridgehead atoms. The molecular weight excluding hydrogens is 178 g/mol. The average molecular weight is 187 g/mol. The van der Waals surface area contributed by atoms with E-state index in [2.05, 4.69) is 0 Å². The molecule has 0 aliphatic carbocycles. The SMILES string of the molecule is [2H]C(F)(F)S/C=C/c1ccccc1. The maximum atomic E-state index is 12.0. The molecule has 0 atom stereocenters. The van der Waals surface area contributed by atoms with Crippen molar-refractivity contribution in [2.45, 2.75) is 5.73 Å². The van der Waals surface area contributed by atoms with Crippen molar-refractivity contribution in [1.29, 1.82) is 0 Å². The van der Waals surface area contributed by atoms with Gasteiger partial charge in [-0.3, -0.25) is 0 Å². The standard InChI is InChI=1S/C9H8F2S/c10-9(11)12-7-6-8-4-2-1-3-5-8/h1-7,9H/b7-6+/i9D. The molecule has 0 aliphatic heterocycles. The second-order valence-electron chi connectivity index (χ2n) is 2.06. The summed E-state index contributed by atoms with van der Waals surface area (Å²) in [5, 5.41) is 1.22. The number of alkyl halides is 2. The molecule has 0 N–H and O–H groups in total. The Hall–Kier alpha value is -0.830. The van der Waals surface area contributed by atoms with Gasteiger partial charge in [0.25, 0.3) is 5.73 Å². The van der Waals surface area contributed by atoms with E-state index in [4.69, 9.17) is 1.37 Å². The molecule has 3 heteroatoms. The molecule has 0 aromatic heterocycles. The van der Waals surface area contributed by atoms with Crippen molar-refractivity contribution in [2.75, 3.05) is 0 Å². The smallest absolute Gasteiger partial charge is 0.198 e. The van der Waals surface area contributed by atoms with Crippen LogP contribution in [0.2, 0.25) is 0 Å². The van der Waals surface area contributed by atoms with Crippen LogP contribution >= 0.6 is 11.8 Å². The van der Waals surface area contributed by atoms with Gasteiger partial charge in [0, 0.05) is 0 Å². The van der Waals surface area contributed by atoms with Gasteiger partial charge < -0.3 is 0 Å². The molecule has 0 spiro atoms. The van der Waals surface area contributed by atoms with E-state index in [9.17, 15) is 8.78 Å². The van der Waals surface area contributed by atoms with Gasteiger partial charge in [-0.25, -0.2) is 0 Å². The van der Waals surface area contributed by atoms with E-state index in [-0.39, 0.29) is 11.8 Å². The van der Waals surface area contributed by atoms with E-state index in [0.717, 1.165) is 5.56 Å². The zero-order valence-corrected chi connectivity index (χ0v) is 7.02. The Morgan fingerprint density at radius 3 is 2.58 bits per heavy atom. The number of hydrogen-bond donors (Lipinski definition) is 0. The van der Waals surface area contributed by atoms with Crippen LogP contribution in [0, 0.1) is 0 Å². The Morgan fingerprint density at radius 1 is 1.33 bits per heavy atom. The second kappa shape index (κ2) is 4.93. The molecule has 12 heavy (non-hydrogen) atoms. The predicted octanol–water partition coefficient (Wildman–Crippen LogP) is 3.61. The molecule has 0 aliphatic rings. The highest BCUT2D eigenvalue weighted by Gasteiger charge is 1.96. The Labute approximate surface area is 75.7 Å². The van der Waals surface area contributed by atoms with Crippen LogP contribution in [0.1, 0.15) is 6.93 Å². The number of rotatable bonds is 3. The molecule has 0 saturated carbocycles. The van der Waals surface area contributed by atoms with Crippen LogP contribution in [0.25, 0.3) is 6.08 Å². The first-order chi connectivity index (χ1) is 6.08. The first-order valence-electron chi connectivity index (χ1n) is 3.85. The lowest BCUT2D eigenvalue weighted by molar-refractivity contribution is 0.253. The van der Waals surface area contributed by atoms with Crippen molar-refractivity contribution < 1.29 is 10.2 Å². The molecule has 64 valence electrons. The van der Waals surface area contributed by atoms with Gasteiger partial charge in [-0.2, -0.15) is 8.78 Å². The Morgan fingerprint density at radius 2 is 2.00 bits per heavy atom. The maximum absolute atomic E-state index is 12.0. The highest BCUT2D eigenvalue weighted by atomic mass is 32.2. The largest absolute Gasteiger partial charge is 0.288 e. The minimum absolute atomic E-state index is 0.181. The monoisotopic (exact) mass is 187 g/mol. The molecule has 0 radical (unpaired) electrons. The third-order valence-electron chi connectivity index (χ3n) is 1.22. The molecule has 0 unspecified atom stereocenters. The van der Waals surface area contributed by atoms with Crippen molar-refractivity contribution in [2.24, 2.45) is 0 Å². The zero-order chi connectivity index (χ0) is 9.73. The quantitative estimate of drug-likeness (QED) is 0.696. The first-order valence-corrected chi connectivity index (χ1v) is 4.23. The topological polar surface area (TPSA) is 0 Å². The van der Waals surface area contributed by atoms with Crippen LogP contribution in [-0.2, 0) is 0 Å². The Bertz CT molecular complexity index is 279. The predicted molar refractivity (Wildman–Crippen MR) is 49.1 cm³/mol. The molecule has 0 amide bonds. The van der Waals surface area contributed by atoms with Gasteiger partial charge in [0.15, 0.2) is 0 Å². The lowest BCUT2D eigenvalue weighted by atomic mass is 10.2. The summed E-state index contributed by atoms with van der Waals surface area (Å²) < 4.78 is 30.3. The second-order valence-corrected chi connectivity index (χ2v) is 2.87. The maximum Gasteiger partial charge on any atom is 0.288 e. The third kappa shape index (κ3) is 3.53. The zero-order valence-electron chi connectivity index (χ0n) is 7.21. The van der Waals surface area contributed by atoms with E-state index in [0.29, 0.717) is 0 Å². The molecule has 0 fully saturated rings. The molecule has 0 heterocycles. The normalized spacial score (nSPS) is 13.3. The minimum atomic E-state index is -3.44. The van der Waals surface area contributed by atoms with E-state index >= 15 is 0 Å². The molecule has 1 aromatic carbocycles. The van der Waals surface area contributed by atoms with E-state index in [1.807, 2.05) is 18.2 Å². The van der Waals surface area contributed by atoms with Crippen molar-refractivity contribution in [3.63, 3.8) is 0 Å². The highest BCUT2D eigenvalue weighted by molar-refractivity contribution is 8.02. The summed E-state index contributed by atoms with van der Waals surface area (Å²) in [6.07, 6.45) is 1.55. The van der Waals surface area contributed by atoms with Gasteiger partial charge in [-0.1, -0.05) is 42.1 Å². The van der Waals surface area contributed by atoms with Gasteiger partial charge in [-0.15, -0.1) is 0 Å². The van der Waals surface area contributed by atoms with Crippen LogP contribution in [0.5, 0.6) is 0 Å². The van der Waals surface area contributed by atoms with E-state index in [1.165, 1.54) is 5.41 Å². The van der Waals surface area contributed by atoms with Crippen molar-refractivity contribution in [3.05, 3.63) is 41.3 Å². The van der Waals surface area contributed by atoms with Crippen LogP contribution in [0.15, 0.2) is 35.7 Å². The van der Waals surface area contributed by atoms with Gasteiger partial charge in [0.2, 0.25) is 0 Å². The van der Waals surface area contributed by atoms with Crippen LogP contribution in [0.3, 0.4) is 0 Å². The number of thioether (sulfide) groups is 1. The summed E-state index contributed by atoms with van der Waals surface area (Å²) in [4.78, 5) is 0. The molecule has 0 saturated heterocycles. The number of hydrogen-bond acceptors (Lipinski definition) is 1. The summed E-state index contributed by atoms with van der Waals surface area (Å²) in [7, 11) is 0. The van der Waals surface area contributed by atoms with Crippen LogP contribution in [0.4, 0.5) is 8.78 Å². The fourth-order valence-electron chi connectivity index (χ4n) is 0.728. The van der Waals surface area contributed by atoms with Crippen molar-refractivity contribution in [3.8, 4) is 0 Å². The summed E-state index contributed by atoms with van der Waals surface area (Å²) in [5.74, 6) is 0. The fraction of sp³-hybridized carbons (Fsp3) is 0.111. The van der Waals surface area contributed by atoms with E-state index < -0.39 is 5.73 Å².